The molecule has 1 fully saturated rings. The zero-order chi connectivity index (χ0) is 10.1. The molecule has 1 saturated heterocycles. The Morgan fingerprint density at radius 2 is 1.92 bits per heavy atom. The Morgan fingerprint density at radius 1 is 1.46 bits per heavy atom. The van der Waals surface area contributed by atoms with Crippen molar-refractivity contribution in [3.8, 4) is 0 Å². The minimum Gasteiger partial charge on any atom is -0.296 e. The van der Waals surface area contributed by atoms with E-state index in [0.717, 1.165) is 6.42 Å². The van der Waals surface area contributed by atoms with Gasteiger partial charge in [0, 0.05) is 6.42 Å². The van der Waals surface area contributed by atoms with Crippen LogP contribution in [0.25, 0.3) is 0 Å². The summed E-state index contributed by atoms with van der Waals surface area (Å²) in [5.74, 6) is -0.0999. The summed E-state index contributed by atoms with van der Waals surface area (Å²) in [5, 5.41) is 0. The minimum absolute atomic E-state index is 0.00167. The van der Waals surface area contributed by atoms with Crippen molar-refractivity contribution in [3.63, 3.8) is 0 Å². The predicted octanol–water partition coefficient (Wildman–Crippen LogP) is 1.54. The Labute approximate surface area is 78.8 Å². The number of carbonyl (C=O) groups excluding carboxylic acids is 1. The lowest BCUT2D eigenvalue weighted by molar-refractivity contribution is -0.115. The van der Waals surface area contributed by atoms with Gasteiger partial charge in [0.2, 0.25) is 0 Å². The van der Waals surface area contributed by atoms with Crippen LogP contribution in [-0.2, 0) is 13.8 Å². The second-order valence-electron chi connectivity index (χ2n) is 3.57. The topological polar surface area (TPSA) is 55.8 Å². The molecule has 76 valence electrons. The molecule has 5 heteroatoms. The van der Waals surface area contributed by atoms with Crippen LogP contribution >= 0.6 is 7.94 Å². The third-order valence-corrected chi connectivity index (χ3v) is 4.00. The van der Waals surface area contributed by atoms with Crippen LogP contribution in [0.4, 0.5) is 0 Å². The van der Waals surface area contributed by atoms with E-state index in [4.69, 9.17) is 9.05 Å². The van der Waals surface area contributed by atoms with Gasteiger partial charge in [0.1, 0.15) is 12.2 Å². The molecule has 1 N–H and O–H groups in total. The van der Waals surface area contributed by atoms with Gasteiger partial charge in [-0.15, -0.1) is 0 Å². The molecule has 2 atom stereocenters. The van der Waals surface area contributed by atoms with Crippen molar-refractivity contribution in [2.24, 2.45) is 0 Å². The van der Waals surface area contributed by atoms with E-state index < -0.39 is 7.94 Å². The van der Waals surface area contributed by atoms with E-state index in [-0.39, 0.29) is 24.2 Å². The van der Waals surface area contributed by atoms with Gasteiger partial charge in [0.15, 0.2) is 11.9 Å². The predicted molar refractivity (Wildman–Crippen MR) is 50.4 cm³/mol. The van der Waals surface area contributed by atoms with Crippen molar-refractivity contribution in [1.29, 1.82) is 0 Å². The van der Waals surface area contributed by atoms with E-state index in [1.54, 1.807) is 0 Å². The number of hydrogen-bond donors (Lipinski definition) is 1. The van der Waals surface area contributed by atoms with Crippen LogP contribution in [-0.4, -0.2) is 29.0 Å². The molecule has 0 aliphatic carbocycles. The molecule has 0 radical (unpaired) electrons. The maximum Gasteiger partial charge on any atom is 0.417 e. The number of Topliss-reactive ketones (excluding diaryl/α,β-unsaturated/α-hetero) is 1. The van der Waals surface area contributed by atoms with Gasteiger partial charge in [-0.2, -0.15) is 13.9 Å². The fourth-order valence-electron chi connectivity index (χ4n) is 1.50. The highest BCUT2D eigenvalue weighted by molar-refractivity contribution is 7.61. The second kappa shape index (κ2) is 4.01. The fourth-order valence-corrected chi connectivity index (χ4v) is 3.55. The number of hydrogen-bond acceptors (Lipinski definition) is 4. The molecule has 1 heterocycles. The summed E-state index contributed by atoms with van der Waals surface area (Å²) in [6.45, 7) is 5.18. The molecule has 1 rings (SSSR count). The molecule has 0 aromatic carbocycles. The van der Waals surface area contributed by atoms with Gasteiger partial charge in [-0.25, -0.2) is 0 Å². The van der Waals surface area contributed by atoms with E-state index in [2.05, 4.69) is 0 Å². The van der Waals surface area contributed by atoms with Gasteiger partial charge in [-0.05, 0) is 20.8 Å². The summed E-state index contributed by atoms with van der Waals surface area (Å²) in [7, 11) is -2.88. The van der Waals surface area contributed by atoms with Crippen LogP contribution in [0.2, 0.25) is 0 Å². The molecular formula is C8H16O4P+. The van der Waals surface area contributed by atoms with Gasteiger partial charge in [-0.1, -0.05) is 0 Å². The van der Waals surface area contributed by atoms with Crippen LogP contribution in [0.1, 0.15) is 27.2 Å². The van der Waals surface area contributed by atoms with Crippen LogP contribution in [0, 0.1) is 0 Å². The van der Waals surface area contributed by atoms with Crippen LogP contribution in [0.5, 0.6) is 0 Å². The summed E-state index contributed by atoms with van der Waals surface area (Å²) < 4.78 is 10.6. The van der Waals surface area contributed by atoms with E-state index in [9.17, 15) is 9.69 Å². The Balaban J connectivity index is 2.60. The first-order valence-corrected chi connectivity index (χ1v) is 6.14. The maximum absolute atomic E-state index is 10.8. The molecule has 1 aliphatic rings. The highest BCUT2D eigenvalue weighted by Gasteiger charge is 2.49. The third-order valence-electron chi connectivity index (χ3n) is 1.78. The van der Waals surface area contributed by atoms with Crippen molar-refractivity contribution in [2.75, 3.05) is 6.16 Å². The van der Waals surface area contributed by atoms with Crippen molar-refractivity contribution in [3.05, 3.63) is 0 Å². The fraction of sp³-hybridized carbons (Fsp3) is 0.875. The largest absolute Gasteiger partial charge is 0.417 e. The van der Waals surface area contributed by atoms with Crippen LogP contribution < -0.4 is 0 Å². The average molecular weight is 207 g/mol. The molecule has 0 aromatic heterocycles. The summed E-state index contributed by atoms with van der Waals surface area (Å²) in [4.78, 5) is 20.7. The van der Waals surface area contributed by atoms with Gasteiger partial charge in [0.05, 0.1) is 0 Å². The lowest BCUT2D eigenvalue weighted by atomic mass is 10.2. The van der Waals surface area contributed by atoms with Crippen LogP contribution in [0.15, 0.2) is 0 Å². The Bertz CT molecular complexity index is 196. The van der Waals surface area contributed by atoms with Gasteiger partial charge < -0.3 is 0 Å². The van der Waals surface area contributed by atoms with E-state index in [1.807, 2.05) is 13.8 Å². The highest BCUT2D eigenvalue weighted by atomic mass is 31.2. The molecule has 0 unspecified atom stereocenters. The Kier molecular flexibility index (Phi) is 3.41. The average Bonchev–Trinajstić information content (AvgIpc) is 1.77. The molecule has 0 spiro atoms. The van der Waals surface area contributed by atoms with Gasteiger partial charge in [0.25, 0.3) is 0 Å². The summed E-state index contributed by atoms with van der Waals surface area (Å²) in [5.41, 5.74) is 0. The molecule has 0 amide bonds. The molecule has 13 heavy (non-hydrogen) atoms. The first-order valence-electron chi connectivity index (χ1n) is 4.38. The van der Waals surface area contributed by atoms with Crippen molar-refractivity contribution in [2.45, 2.75) is 39.4 Å². The van der Waals surface area contributed by atoms with Gasteiger partial charge in [-0.3, -0.25) is 4.79 Å². The lowest BCUT2D eigenvalue weighted by Crippen LogP contribution is -2.29. The molecule has 0 aromatic rings. The number of rotatable bonds is 2. The quantitative estimate of drug-likeness (QED) is 0.698. The summed E-state index contributed by atoms with van der Waals surface area (Å²) in [6, 6.07) is 0. The molecular weight excluding hydrogens is 191 g/mol. The first-order chi connectivity index (χ1) is 5.91. The molecule has 0 saturated carbocycles. The van der Waals surface area contributed by atoms with Crippen molar-refractivity contribution in [1.82, 2.24) is 0 Å². The zero-order valence-electron chi connectivity index (χ0n) is 8.19. The SMILES string of the molecule is CC(=O)C[P+]1(O)O[C@@H](C)C[C@H](C)O1. The van der Waals surface area contributed by atoms with E-state index in [1.165, 1.54) is 6.92 Å². The second-order valence-corrected chi connectivity index (χ2v) is 5.58. The van der Waals surface area contributed by atoms with Crippen molar-refractivity contribution < 1.29 is 18.7 Å². The summed E-state index contributed by atoms with van der Waals surface area (Å²) in [6.07, 6.45) is 0.713. The van der Waals surface area contributed by atoms with Crippen LogP contribution in [0.3, 0.4) is 0 Å². The monoisotopic (exact) mass is 207 g/mol. The smallest absolute Gasteiger partial charge is 0.296 e. The minimum atomic E-state index is -2.88. The number of carbonyl (C=O) groups is 1. The zero-order valence-corrected chi connectivity index (χ0v) is 9.08. The van der Waals surface area contributed by atoms with E-state index >= 15 is 0 Å². The highest BCUT2D eigenvalue weighted by Crippen LogP contribution is 2.61. The normalized spacial score (nSPS) is 40.3. The Hall–Kier alpha value is -0.0200. The first kappa shape index (κ1) is 11.1. The molecule has 0 bridgehead atoms. The van der Waals surface area contributed by atoms with E-state index in [0.29, 0.717) is 0 Å². The van der Waals surface area contributed by atoms with Gasteiger partial charge >= 0.3 is 7.94 Å². The van der Waals surface area contributed by atoms with Crippen molar-refractivity contribution >= 4 is 13.7 Å². The summed E-state index contributed by atoms with van der Waals surface area (Å²) >= 11 is 0. The lowest BCUT2D eigenvalue weighted by Gasteiger charge is -2.28. The number of ketones is 1. The standard InChI is InChI=1S/C8H16O4P/c1-6(9)5-13(10)11-7(2)4-8(3)12-13/h7-8,10H,4-5H2,1-3H3/q+1/t7-,8-/m0/s1. The molecule has 1 aliphatic heterocycles. The molecule has 4 nitrogen and oxygen atoms in total. The third kappa shape index (κ3) is 3.31. The maximum atomic E-state index is 10.8. The Morgan fingerprint density at radius 3 is 2.31 bits per heavy atom.